The van der Waals surface area contributed by atoms with E-state index in [2.05, 4.69) is 39.6 Å². The maximum atomic E-state index is 4.42. The van der Waals surface area contributed by atoms with Gasteiger partial charge >= 0.3 is 0 Å². The Kier molecular flexibility index (Phi) is 2.79. The van der Waals surface area contributed by atoms with E-state index in [1.54, 1.807) is 11.3 Å². The van der Waals surface area contributed by atoms with Crippen molar-refractivity contribution < 1.29 is 0 Å². The van der Waals surface area contributed by atoms with Crippen molar-refractivity contribution >= 4 is 16.9 Å². The smallest absolute Gasteiger partial charge is 0.148 e. The largest absolute Gasteiger partial charge is 0.233 e. The molecule has 0 radical (unpaired) electrons. The molecule has 0 spiro atoms. The van der Waals surface area contributed by atoms with Gasteiger partial charge < -0.3 is 0 Å². The lowest BCUT2D eigenvalue weighted by molar-refractivity contribution is 0.969. The molecular weight excluding hydrogens is 280 g/mol. The minimum absolute atomic E-state index is 0.937. The van der Waals surface area contributed by atoms with Crippen molar-refractivity contribution in [2.24, 2.45) is 0 Å². The monoisotopic (exact) mass is 292 g/mol. The molecule has 0 saturated heterocycles. The second-order valence-corrected chi connectivity index (χ2v) is 5.93. The van der Waals surface area contributed by atoms with E-state index in [9.17, 15) is 0 Å². The van der Waals surface area contributed by atoms with Gasteiger partial charge in [0.2, 0.25) is 0 Å². The molecule has 0 N–H and O–H groups in total. The minimum atomic E-state index is 0.937. The Bertz CT molecular complexity index is 923. The van der Waals surface area contributed by atoms with Gasteiger partial charge in [-0.15, -0.1) is 10.2 Å². The van der Waals surface area contributed by atoms with Crippen molar-refractivity contribution in [1.29, 1.82) is 0 Å². The van der Waals surface area contributed by atoms with E-state index in [-0.39, 0.29) is 0 Å². The molecule has 3 heterocycles. The van der Waals surface area contributed by atoms with Crippen molar-refractivity contribution in [2.45, 2.75) is 6.92 Å². The van der Waals surface area contributed by atoms with Crippen molar-refractivity contribution in [3.8, 4) is 21.8 Å². The van der Waals surface area contributed by atoms with Crippen LogP contribution < -0.4 is 0 Å². The first-order valence-electron chi connectivity index (χ1n) is 6.65. The lowest BCUT2D eigenvalue weighted by Crippen LogP contribution is -1.94. The van der Waals surface area contributed by atoms with Gasteiger partial charge in [-0.3, -0.25) is 0 Å². The number of aromatic nitrogens is 4. The number of fused-ring (bicyclic) bond motifs is 1. The topological polar surface area (TPSA) is 43.1 Å². The summed E-state index contributed by atoms with van der Waals surface area (Å²) in [6.45, 7) is 1.97. The Labute approximate surface area is 125 Å². The van der Waals surface area contributed by atoms with Crippen LogP contribution in [-0.4, -0.2) is 19.8 Å². The van der Waals surface area contributed by atoms with Crippen LogP contribution >= 0.6 is 11.3 Å². The number of hydrogen-bond donors (Lipinski definition) is 0. The third-order valence-corrected chi connectivity index (χ3v) is 4.25. The van der Waals surface area contributed by atoms with Crippen LogP contribution in [-0.2, 0) is 0 Å². The molecule has 0 aliphatic rings. The maximum absolute atomic E-state index is 4.42. The molecule has 5 heteroatoms. The molecule has 0 saturated carbocycles. The van der Waals surface area contributed by atoms with Crippen molar-refractivity contribution in [1.82, 2.24) is 19.8 Å². The molecule has 0 unspecified atom stereocenters. The van der Waals surface area contributed by atoms with Gasteiger partial charge in [-0.2, -0.15) is 5.10 Å². The number of rotatable bonds is 2. The summed E-state index contributed by atoms with van der Waals surface area (Å²) in [7, 11) is 0. The second-order valence-electron chi connectivity index (χ2n) is 4.75. The first-order valence-corrected chi connectivity index (χ1v) is 7.47. The number of hydrogen-bond acceptors (Lipinski definition) is 4. The van der Waals surface area contributed by atoms with Gasteiger partial charge in [-0.1, -0.05) is 41.7 Å². The minimum Gasteiger partial charge on any atom is -0.233 e. The second kappa shape index (κ2) is 4.79. The maximum Gasteiger partial charge on any atom is 0.148 e. The predicted molar refractivity (Wildman–Crippen MR) is 84.3 cm³/mol. The SMILES string of the molecule is Cc1nnc(-c2ccccc2-c2cccc3ccnn23)s1. The van der Waals surface area contributed by atoms with E-state index in [0.29, 0.717) is 0 Å². The summed E-state index contributed by atoms with van der Waals surface area (Å²) in [4.78, 5) is 0. The molecule has 1 aromatic carbocycles. The molecular formula is C16H12N4S. The fraction of sp³-hybridized carbons (Fsp3) is 0.0625. The highest BCUT2D eigenvalue weighted by Crippen LogP contribution is 2.33. The Morgan fingerprint density at radius 3 is 2.57 bits per heavy atom. The summed E-state index contributed by atoms with van der Waals surface area (Å²) >= 11 is 1.61. The summed E-state index contributed by atoms with van der Waals surface area (Å²) in [6.07, 6.45) is 1.82. The van der Waals surface area contributed by atoms with E-state index in [1.807, 2.05) is 41.9 Å². The van der Waals surface area contributed by atoms with E-state index < -0.39 is 0 Å². The van der Waals surface area contributed by atoms with E-state index >= 15 is 0 Å². The molecule has 0 fully saturated rings. The number of aryl methyl sites for hydroxylation is 1. The van der Waals surface area contributed by atoms with E-state index in [4.69, 9.17) is 0 Å². The van der Waals surface area contributed by atoms with Gasteiger partial charge in [0.1, 0.15) is 10.0 Å². The van der Waals surface area contributed by atoms with Crippen molar-refractivity contribution in [3.05, 3.63) is 59.7 Å². The normalized spacial score (nSPS) is 11.1. The fourth-order valence-electron chi connectivity index (χ4n) is 2.45. The quantitative estimate of drug-likeness (QED) is 0.564. The first-order chi connectivity index (χ1) is 10.3. The molecule has 0 amide bonds. The third kappa shape index (κ3) is 2.02. The van der Waals surface area contributed by atoms with E-state index in [1.165, 1.54) is 0 Å². The number of nitrogens with zero attached hydrogens (tertiary/aromatic N) is 4. The predicted octanol–water partition coefficient (Wildman–Crippen LogP) is 3.83. The Morgan fingerprint density at radius 2 is 1.76 bits per heavy atom. The summed E-state index contributed by atoms with van der Waals surface area (Å²) in [5.74, 6) is 0. The van der Waals surface area contributed by atoms with Gasteiger partial charge in [0.15, 0.2) is 0 Å². The highest BCUT2D eigenvalue weighted by molar-refractivity contribution is 7.14. The average Bonchev–Trinajstić information content (AvgIpc) is 3.15. The van der Waals surface area contributed by atoms with Crippen LogP contribution in [0.5, 0.6) is 0 Å². The van der Waals surface area contributed by atoms with Crippen LogP contribution in [0.4, 0.5) is 0 Å². The molecule has 0 atom stereocenters. The zero-order valence-corrected chi connectivity index (χ0v) is 12.2. The average molecular weight is 292 g/mol. The fourth-order valence-corrected chi connectivity index (χ4v) is 3.18. The van der Waals surface area contributed by atoms with Gasteiger partial charge in [0, 0.05) is 11.1 Å². The Balaban J connectivity index is 1.99. The summed E-state index contributed by atoms with van der Waals surface area (Å²) in [6, 6.07) is 16.4. The van der Waals surface area contributed by atoms with Gasteiger partial charge in [-0.25, -0.2) is 4.52 Å². The van der Waals surface area contributed by atoms with E-state index in [0.717, 1.165) is 32.4 Å². The molecule has 3 aromatic heterocycles. The van der Waals surface area contributed by atoms with Gasteiger partial charge in [0.25, 0.3) is 0 Å². The zero-order valence-electron chi connectivity index (χ0n) is 11.4. The highest BCUT2D eigenvalue weighted by atomic mass is 32.1. The molecule has 0 aliphatic carbocycles. The molecule has 4 aromatic rings. The molecule has 0 aliphatic heterocycles. The lowest BCUT2D eigenvalue weighted by Gasteiger charge is -2.09. The summed E-state index contributed by atoms with van der Waals surface area (Å²) < 4.78 is 1.95. The van der Waals surface area contributed by atoms with Gasteiger partial charge in [-0.05, 0) is 25.1 Å². The third-order valence-electron chi connectivity index (χ3n) is 3.38. The molecule has 102 valence electrons. The lowest BCUT2D eigenvalue weighted by atomic mass is 10.0. The highest BCUT2D eigenvalue weighted by Gasteiger charge is 2.13. The van der Waals surface area contributed by atoms with Crippen LogP contribution in [0.3, 0.4) is 0 Å². The van der Waals surface area contributed by atoms with Gasteiger partial charge in [0.05, 0.1) is 17.4 Å². The Hall–Kier alpha value is -2.53. The molecule has 4 nitrogen and oxygen atoms in total. The summed E-state index contributed by atoms with van der Waals surface area (Å²) in [5, 5.41) is 14.7. The van der Waals surface area contributed by atoms with Crippen LogP contribution in [0.1, 0.15) is 5.01 Å². The van der Waals surface area contributed by atoms with Crippen LogP contribution in [0.15, 0.2) is 54.7 Å². The van der Waals surface area contributed by atoms with Crippen LogP contribution in [0.2, 0.25) is 0 Å². The summed E-state index contributed by atoms with van der Waals surface area (Å²) in [5.41, 5.74) is 4.34. The zero-order chi connectivity index (χ0) is 14.2. The van der Waals surface area contributed by atoms with Crippen LogP contribution in [0, 0.1) is 6.92 Å². The molecule has 0 bridgehead atoms. The molecule has 21 heavy (non-hydrogen) atoms. The van der Waals surface area contributed by atoms with Crippen molar-refractivity contribution in [3.63, 3.8) is 0 Å². The number of pyridine rings is 1. The van der Waals surface area contributed by atoms with Crippen molar-refractivity contribution in [2.75, 3.05) is 0 Å². The first kappa shape index (κ1) is 12.2. The Morgan fingerprint density at radius 1 is 0.905 bits per heavy atom. The number of benzene rings is 1. The molecule has 4 rings (SSSR count). The standard InChI is InChI=1S/C16H12N4S/c1-11-18-19-16(21-11)14-7-3-2-6-13(14)15-8-4-5-12-9-10-17-20(12)15/h2-10H,1H3. The van der Waals surface area contributed by atoms with Crippen LogP contribution in [0.25, 0.3) is 27.3 Å².